The molecule has 0 aliphatic rings. The largest absolute Gasteiger partial charge is 0.569 e. The molecule has 26 heavy (non-hydrogen) atoms. The molecule has 1 aromatic heterocycles. The van der Waals surface area contributed by atoms with Crippen molar-refractivity contribution in [2.75, 3.05) is 0 Å². The lowest BCUT2D eigenvalue weighted by molar-refractivity contribution is 0.454. The first kappa shape index (κ1) is 15.1. The molecular formula is C22H14BO3. The quantitative estimate of drug-likeness (QED) is 0.454. The molecule has 0 aliphatic heterocycles. The van der Waals surface area contributed by atoms with Crippen LogP contribution in [-0.2, 0) is 0 Å². The van der Waals surface area contributed by atoms with Crippen LogP contribution in [0.1, 0.15) is 0 Å². The Bertz CT molecular complexity index is 1240. The van der Waals surface area contributed by atoms with E-state index < -0.39 is 0 Å². The third-order valence-corrected chi connectivity index (χ3v) is 4.71. The zero-order valence-electron chi connectivity index (χ0n) is 13.8. The fourth-order valence-corrected chi connectivity index (χ4v) is 3.58. The first-order valence-corrected chi connectivity index (χ1v) is 8.41. The van der Waals surface area contributed by atoms with E-state index in [2.05, 4.69) is 30.3 Å². The Balaban J connectivity index is 1.94. The third kappa shape index (κ3) is 2.27. The normalized spacial score (nSPS) is 11.3. The van der Waals surface area contributed by atoms with Crippen LogP contribution in [0.5, 0.6) is 5.75 Å². The molecule has 3 nitrogen and oxygen atoms in total. The van der Waals surface area contributed by atoms with Gasteiger partial charge in [0.1, 0.15) is 16.9 Å². The first-order chi connectivity index (χ1) is 12.8. The zero-order valence-corrected chi connectivity index (χ0v) is 13.8. The second-order valence-corrected chi connectivity index (χ2v) is 6.20. The van der Waals surface area contributed by atoms with Gasteiger partial charge in [0.15, 0.2) is 0 Å². The van der Waals surface area contributed by atoms with E-state index in [0.717, 1.165) is 43.8 Å². The summed E-state index contributed by atoms with van der Waals surface area (Å²) >= 11 is 0. The SMILES string of the molecule is O[B]Oc1ccc2oc3c(-c4ccccc4)c4ccccc4cc3c2c1. The van der Waals surface area contributed by atoms with Gasteiger partial charge in [-0.25, -0.2) is 0 Å². The van der Waals surface area contributed by atoms with Crippen molar-refractivity contribution in [3.8, 4) is 16.9 Å². The van der Waals surface area contributed by atoms with Gasteiger partial charge in [-0.3, -0.25) is 0 Å². The fraction of sp³-hybridized carbons (Fsp3) is 0. The van der Waals surface area contributed by atoms with Crippen LogP contribution >= 0.6 is 0 Å². The van der Waals surface area contributed by atoms with Crippen LogP contribution in [0.4, 0.5) is 0 Å². The standard InChI is InChI=1S/C22H14BO3/c24-23-26-16-10-11-20-18(13-16)19-12-15-8-4-5-9-17(15)21(22(19)25-20)14-6-2-1-3-7-14/h1-13,24H. The smallest absolute Gasteiger partial charge is 0.537 e. The van der Waals surface area contributed by atoms with Gasteiger partial charge in [-0.1, -0.05) is 54.6 Å². The van der Waals surface area contributed by atoms with E-state index in [0.29, 0.717) is 13.4 Å². The molecule has 1 heterocycles. The van der Waals surface area contributed by atoms with Crippen LogP contribution in [0.2, 0.25) is 0 Å². The van der Waals surface area contributed by atoms with Gasteiger partial charge in [-0.05, 0) is 40.6 Å². The average molecular weight is 337 g/mol. The van der Waals surface area contributed by atoms with Gasteiger partial charge in [-0.2, -0.15) is 0 Å². The van der Waals surface area contributed by atoms with Crippen molar-refractivity contribution in [3.05, 3.63) is 78.9 Å². The predicted octanol–water partition coefficient (Wildman–Crippen LogP) is 5.31. The van der Waals surface area contributed by atoms with Crippen molar-refractivity contribution in [2.45, 2.75) is 0 Å². The molecule has 0 fully saturated rings. The minimum absolute atomic E-state index is 0.567. The summed E-state index contributed by atoms with van der Waals surface area (Å²) in [6, 6.07) is 26.3. The molecule has 4 heteroatoms. The maximum atomic E-state index is 8.92. The van der Waals surface area contributed by atoms with Crippen LogP contribution < -0.4 is 4.65 Å². The lowest BCUT2D eigenvalue weighted by Crippen LogP contribution is -1.98. The summed E-state index contributed by atoms with van der Waals surface area (Å²) in [4.78, 5) is 0. The van der Waals surface area contributed by atoms with Gasteiger partial charge in [0.05, 0.1) is 0 Å². The van der Waals surface area contributed by atoms with E-state index in [1.165, 1.54) is 0 Å². The van der Waals surface area contributed by atoms with Crippen LogP contribution in [0.15, 0.2) is 83.3 Å². The van der Waals surface area contributed by atoms with E-state index in [1.54, 1.807) is 6.07 Å². The van der Waals surface area contributed by atoms with Crippen LogP contribution in [0, 0.1) is 0 Å². The summed E-state index contributed by atoms with van der Waals surface area (Å²) in [7, 11) is 0.689. The first-order valence-electron chi connectivity index (χ1n) is 8.41. The molecule has 0 aliphatic carbocycles. The molecule has 5 aromatic rings. The number of furan rings is 1. The Morgan fingerprint density at radius 1 is 0.769 bits per heavy atom. The topological polar surface area (TPSA) is 42.6 Å². The molecule has 5 rings (SSSR count). The van der Waals surface area contributed by atoms with Gasteiger partial charge in [-0.15, -0.1) is 0 Å². The summed E-state index contributed by atoms with van der Waals surface area (Å²) in [5.41, 5.74) is 3.85. The van der Waals surface area contributed by atoms with Crippen molar-refractivity contribution in [2.24, 2.45) is 0 Å². The molecule has 0 bridgehead atoms. The van der Waals surface area contributed by atoms with Crippen LogP contribution in [-0.4, -0.2) is 12.7 Å². The Hall–Kier alpha value is -3.24. The van der Waals surface area contributed by atoms with E-state index in [-0.39, 0.29) is 0 Å². The Labute approximate surface area is 150 Å². The summed E-state index contributed by atoms with van der Waals surface area (Å²) in [5.74, 6) is 0.567. The summed E-state index contributed by atoms with van der Waals surface area (Å²) in [6.07, 6.45) is 0. The third-order valence-electron chi connectivity index (χ3n) is 4.71. The Kier molecular flexibility index (Phi) is 3.44. The van der Waals surface area contributed by atoms with Crippen LogP contribution in [0.25, 0.3) is 43.8 Å². The predicted molar refractivity (Wildman–Crippen MR) is 105 cm³/mol. The molecule has 1 N–H and O–H groups in total. The highest BCUT2D eigenvalue weighted by Crippen LogP contribution is 2.41. The highest BCUT2D eigenvalue weighted by molar-refractivity contribution is 6.19. The lowest BCUT2D eigenvalue weighted by atomic mass is 9.95. The molecular weight excluding hydrogens is 323 g/mol. The lowest BCUT2D eigenvalue weighted by Gasteiger charge is -2.08. The maximum Gasteiger partial charge on any atom is 0.569 e. The van der Waals surface area contributed by atoms with Gasteiger partial charge in [0.2, 0.25) is 0 Å². The summed E-state index contributed by atoms with van der Waals surface area (Å²) in [6.45, 7) is 0. The fourth-order valence-electron chi connectivity index (χ4n) is 3.58. The summed E-state index contributed by atoms with van der Waals surface area (Å²) < 4.78 is 11.4. The van der Waals surface area contributed by atoms with Gasteiger partial charge in [0, 0.05) is 16.3 Å². The summed E-state index contributed by atoms with van der Waals surface area (Å²) in [5, 5.41) is 13.2. The molecule has 0 amide bonds. The highest BCUT2D eigenvalue weighted by Gasteiger charge is 2.16. The number of rotatable bonds is 3. The van der Waals surface area contributed by atoms with E-state index in [1.807, 2.05) is 42.5 Å². The minimum atomic E-state index is 0.567. The molecule has 0 saturated carbocycles. The maximum absolute atomic E-state index is 8.92. The molecule has 1 radical (unpaired) electrons. The van der Waals surface area contributed by atoms with Gasteiger partial charge in [0.25, 0.3) is 0 Å². The van der Waals surface area contributed by atoms with Crippen molar-refractivity contribution in [1.29, 1.82) is 0 Å². The second kappa shape index (κ2) is 5.93. The van der Waals surface area contributed by atoms with Crippen molar-refractivity contribution in [3.63, 3.8) is 0 Å². The average Bonchev–Trinajstić information content (AvgIpc) is 3.04. The minimum Gasteiger partial charge on any atom is -0.537 e. The van der Waals surface area contributed by atoms with E-state index in [4.69, 9.17) is 14.1 Å². The van der Waals surface area contributed by atoms with Crippen LogP contribution in [0.3, 0.4) is 0 Å². The highest BCUT2D eigenvalue weighted by atomic mass is 16.5. The molecule has 0 unspecified atom stereocenters. The number of hydrogen-bond donors (Lipinski definition) is 1. The zero-order chi connectivity index (χ0) is 17.5. The Morgan fingerprint density at radius 3 is 2.42 bits per heavy atom. The molecule has 0 atom stereocenters. The Morgan fingerprint density at radius 2 is 1.58 bits per heavy atom. The second-order valence-electron chi connectivity index (χ2n) is 6.20. The van der Waals surface area contributed by atoms with Crippen molar-refractivity contribution < 1.29 is 14.1 Å². The number of benzene rings is 4. The molecule has 123 valence electrons. The van der Waals surface area contributed by atoms with Gasteiger partial charge >= 0.3 is 7.69 Å². The monoisotopic (exact) mass is 337 g/mol. The van der Waals surface area contributed by atoms with Crippen molar-refractivity contribution >= 4 is 40.4 Å². The number of hydrogen-bond acceptors (Lipinski definition) is 3. The molecule has 4 aromatic carbocycles. The van der Waals surface area contributed by atoms with E-state index in [9.17, 15) is 0 Å². The van der Waals surface area contributed by atoms with Crippen molar-refractivity contribution in [1.82, 2.24) is 0 Å². The molecule has 0 saturated heterocycles. The van der Waals surface area contributed by atoms with E-state index >= 15 is 0 Å². The molecule has 0 spiro atoms. The van der Waals surface area contributed by atoms with Gasteiger partial charge < -0.3 is 14.1 Å². The number of fused-ring (bicyclic) bond motifs is 4.